The molecule has 3 heteroatoms. The lowest BCUT2D eigenvalue weighted by Gasteiger charge is -2.20. The van der Waals surface area contributed by atoms with Gasteiger partial charge in [-0.1, -0.05) is 0 Å². The van der Waals surface area contributed by atoms with Gasteiger partial charge in [-0.15, -0.1) is 0 Å². The van der Waals surface area contributed by atoms with Crippen LogP contribution < -0.4 is 5.32 Å². The number of nitrogens with zero attached hydrogens (tertiary/aromatic N) is 2. The van der Waals surface area contributed by atoms with E-state index < -0.39 is 0 Å². The number of hydrogen-bond donors (Lipinski definition) is 1. The topological polar surface area (TPSA) is 39.1 Å². The van der Waals surface area contributed by atoms with Crippen molar-refractivity contribution in [1.29, 1.82) is 5.26 Å². The van der Waals surface area contributed by atoms with Gasteiger partial charge in [-0.05, 0) is 12.8 Å². The standard InChI is InChI=1S/C9H13N3/c10-4-3-9(1-2-9)7-12-6-5-11-8-12/h5-6,11H,1-3,7-8H2. The fourth-order valence-corrected chi connectivity index (χ4v) is 1.66. The summed E-state index contributed by atoms with van der Waals surface area (Å²) in [5.41, 5.74) is 0.338. The van der Waals surface area contributed by atoms with Gasteiger partial charge in [0.15, 0.2) is 0 Å². The van der Waals surface area contributed by atoms with Gasteiger partial charge in [-0.25, -0.2) is 0 Å². The molecule has 0 aromatic rings. The minimum absolute atomic E-state index is 0.338. The largest absolute Gasteiger partial charge is 0.373 e. The SMILES string of the molecule is N#CCC1(CN2C=CNC2)CC1. The minimum Gasteiger partial charge on any atom is -0.373 e. The van der Waals surface area contributed by atoms with Crippen molar-refractivity contribution in [3.8, 4) is 6.07 Å². The second kappa shape index (κ2) is 2.71. The molecule has 0 bridgehead atoms. The third-order valence-electron chi connectivity index (χ3n) is 2.65. The first kappa shape index (κ1) is 7.48. The van der Waals surface area contributed by atoms with Crippen LogP contribution in [-0.4, -0.2) is 18.1 Å². The van der Waals surface area contributed by atoms with Crippen LogP contribution in [-0.2, 0) is 0 Å². The van der Waals surface area contributed by atoms with Gasteiger partial charge in [0.1, 0.15) is 0 Å². The lowest BCUT2D eigenvalue weighted by molar-refractivity contribution is 0.304. The van der Waals surface area contributed by atoms with E-state index in [1.54, 1.807) is 0 Å². The Hall–Kier alpha value is -1.17. The molecule has 0 unspecified atom stereocenters. The summed E-state index contributed by atoms with van der Waals surface area (Å²) < 4.78 is 0. The molecule has 0 saturated heterocycles. The summed E-state index contributed by atoms with van der Waals surface area (Å²) in [7, 11) is 0. The average Bonchev–Trinajstić information content (AvgIpc) is 2.63. The first-order valence-corrected chi connectivity index (χ1v) is 4.36. The van der Waals surface area contributed by atoms with Crippen LogP contribution in [0.4, 0.5) is 0 Å². The van der Waals surface area contributed by atoms with E-state index in [0.29, 0.717) is 5.41 Å². The molecule has 0 radical (unpaired) electrons. The molecule has 2 rings (SSSR count). The summed E-state index contributed by atoms with van der Waals surface area (Å²) >= 11 is 0. The summed E-state index contributed by atoms with van der Waals surface area (Å²) in [6.45, 7) is 1.96. The number of nitrogens with one attached hydrogen (secondary N) is 1. The van der Waals surface area contributed by atoms with E-state index in [1.807, 2.05) is 6.20 Å². The van der Waals surface area contributed by atoms with E-state index in [1.165, 1.54) is 12.8 Å². The highest BCUT2D eigenvalue weighted by Gasteiger charge is 2.43. The van der Waals surface area contributed by atoms with Crippen molar-refractivity contribution < 1.29 is 0 Å². The van der Waals surface area contributed by atoms with Crippen LogP contribution in [0.15, 0.2) is 12.4 Å². The van der Waals surface area contributed by atoms with Crippen LogP contribution >= 0.6 is 0 Å². The van der Waals surface area contributed by atoms with Crippen molar-refractivity contribution in [2.75, 3.05) is 13.2 Å². The smallest absolute Gasteiger partial charge is 0.0867 e. The van der Waals surface area contributed by atoms with Gasteiger partial charge >= 0.3 is 0 Å². The van der Waals surface area contributed by atoms with Crippen molar-refractivity contribution in [2.45, 2.75) is 19.3 Å². The third kappa shape index (κ3) is 1.38. The van der Waals surface area contributed by atoms with E-state index in [9.17, 15) is 0 Å². The molecule has 1 aliphatic heterocycles. The summed E-state index contributed by atoms with van der Waals surface area (Å²) in [5, 5.41) is 11.7. The van der Waals surface area contributed by atoms with Gasteiger partial charge in [0.25, 0.3) is 0 Å². The Morgan fingerprint density at radius 2 is 2.42 bits per heavy atom. The molecule has 0 spiro atoms. The Morgan fingerprint density at radius 3 is 2.92 bits per heavy atom. The molecule has 12 heavy (non-hydrogen) atoms. The van der Waals surface area contributed by atoms with Gasteiger partial charge in [0.05, 0.1) is 12.7 Å². The Kier molecular flexibility index (Phi) is 1.69. The molecule has 1 fully saturated rings. The fourth-order valence-electron chi connectivity index (χ4n) is 1.66. The molecule has 3 nitrogen and oxygen atoms in total. The quantitative estimate of drug-likeness (QED) is 0.675. The maximum Gasteiger partial charge on any atom is 0.0867 e. The van der Waals surface area contributed by atoms with E-state index >= 15 is 0 Å². The van der Waals surface area contributed by atoms with Gasteiger partial charge < -0.3 is 10.2 Å². The molecule has 1 aliphatic carbocycles. The van der Waals surface area contributed by atoms with Gasteiger partial charge in [-0.2, -0.15) is 5.26 Å². The van der Waals surface area contributed by atoms with Crippen molar-refractivity contribution in [2.24, 2.45) is 5.41 Å². The van der Waals surface area contributed by atoms with Crippen LogP contribution in [0.25, 0.3) is 0 Å². The van der Waals surface area contributed by atoms with Gasteiger partial charge in [0.2, 0.25) is 0 Å². The Labute approximate surface area is 72.7 Å². The zero-order valence-corrected chi connectivity index (χ0v) is 7.08. The van der Waals surface area contributed by atoms with E-state index in [2.05, 4.69) is 22.5 Å². The Morgan fingerprint density at radius 1 is 1.58 bits per heavy atom. The zero-order valence-electron chi connectivity index (χ0n) is 7.08. The van der Waals surface area contributed by atoms with Gasteiger partial charge in [-0.3, -0.25) is 0 Å². The lowest BCUT2D eigenvalue weighted by Crippen LogP contribution is -2.27. The molecular weight excluding hydrogens is 150 g/mol. The summed E-state index contributed by atoms with van der Waals surface area (Å²) in [6.07, 6.45) is 7.20. The lowest BCUT2D eigenvalue weighted by atomic mass is 10.0. The predicted molar refractivity (Wildman–Crippen MR) is 45.7 cm³/mol. The zero-order chi connectivity index (χ0) is 8.44. The predicted octanol–water partition coefficient (Wildman–Crippen LogP) is 1.01. The van der Waals surface area contributed by atoms with Crippen LogP contribution in [0.5, 0.6) is 0 Å². The normalized spacial score (nSPS) is 23.4. The molecule has 1 saturated carbocycles. The van der Waals surface area contributed by atoms with E-state index in [0.717, 1.165) is 19.6 Å². The first-order chi connectivity index (χ1) is 5.85. The van der Waals surface area contributed by atoms with Crippen LogP contribution in [0.1, 0.15) is 19.3 Å². The van der Waals surface area contributed by atoms with Crippen LogP contribution in [0.3, 0.4) is 0 Å². The van der Waals surface area contributed by atoms with Crippen molar-refractivity contribution in [1.82, 2.24) is 10.2 Å². The molecular formula is C9H13N3. The van der Waals surface area contributed by atoms with Crippen LogP contribution in [0, 0.1) is 16.7 Å². The maximum atomic E-state index is 8.61. The molecule has 0 aromatic heterocycles. The Balaban J connectivity index is 1.86. The average molecular weight is 163 g/mol. The molecule has 0 atom stereocenters. The first-order valence-electron chi connectivity index (χ1n) is 4.36. The molecule has 0 amide bonds. The van der Waals surface area contributed by atoms with Gasteiger partial charge in [0, 0.05) is 30.8 Å². The highest BCUT2D eigenvalue weighted by molar-refractivity contribution is 5.03. The van der Waals surface area contributed by atoms with E-state index in [4.69, 9.17) is 5.26 Å². The second-order valence-electron chi connectivity index (χ2n) is 3.76. The minimum atomic E-state index is 0.338. The number of nitriles is 1. The maximum absolute atomic E-state index is 8.61. The van der Waals surface area contributed by atoms with Crippen LogP contribution in [0.2, 0.25) is 0 Å². The van der Waals surface area contributed by atoms with E-state index in [-0.39, 0.29) is 0 Å². The molecule has 1 N–H and O–H groups in total. The number of rotatable bonds is 3. The number of hydrogen-bond acceptors (Lipinski definition) is 3. The Bertz CT molecular complexity index is 235. The summed E-state index contributed by atoms with van der Waals surface area (Å²) in [5.74, 6) is 0. The summed E-state index contributed by atoms with van der Waals surface area (Å²) in [6, 6.07) is 2.27. The molecule has 64 valence electrons. The second-order valence-corrected chi connectivity index (χ2v) is 3.76. The van der Waals surface area contributed by atoms with Crippen molar-refractivity contribution in [3.05, 3.63) is 12.4 Å². The fraction of sp³-hybridized carbons (Fsp3) is 0.667. The molecule has 2 aliphatic rings. The molecule has 0 aromatic carbocycles. The highest BCUT2D eigenvalue weighted by Crippen LogP contribution is 2.49. The van der Waals surface area contributed by atoms with Crippen molar-refractivity contribution in [3.63, 3.8) is 0 Å². The third-order valence-corrected chi connectivity index (χ3v) is 2.65. The molecule has 1 heterocycles. The van der Waals surface area contributed by atoms with Crippen molar-refractivity contribution >= 4 is 0 Å². The highest BCUT2D eigenvalue weighted by atomic mass is 15.2. The summed E-state index contributed by atoms with van der Waals surface area (Å²) in [4.78, 5) is 2.24. The monoisotopic (exact) mass is 163 g/mol.